The predicted octanol–water partition coefficient (Wildman–Crippen LogP) is 13.2. The Hall–Kier alpha value is -2.43. The molecular weight excluding hydrogens is 688 g/mol. The SMILES string of the molecule is C.C.CC(C)(C)c1ccc(-c2ccc(C(C)(C)C)cc2)cc1.CC(C)(C)c1cccc(-c2cccc(C(C)(C)C)c2)c1.[W]. The molecule has 234 valence electrons. The van der Waals surface area contributed by atoms with E-state index >= 15 is 0 Å². The van der Waals surface area contributed by atoms with E-state index in [-0.39, 0.29) is 57.6 Å². The van der Waals surface area contributed by atoms with Crippen molar-refractivity contribution in [3.05, 3.63) is 119 Å². The fourth-order valence-electron chi connectivity index (χ4n) is 4.66. The molecule has 0 aliphatic heterocycles. The Morgan fingerprint density at radius 1 is 0.302 bits per heavy atom. The first-order valence-electron chi connectivity index (χ1n) is 14.8. The average molecular weight is 749 g/mol. The maximum atomic E-state index is 2.32. The molecule has 0 N–H and O–H groups in total. The van der Waals surface area contributed by atoms with Gasteiger partial charge in [-0.1, -0.05) is 195 Å². The first-order chi connectivity index (χ1) is 18.4. The Labute approximate surface area is 281 Å². The van der Waals surface area contributed by atoms with Crippen molar-refractivity contribution in [2.75, 3.05) is 0 Å². The van der Waals surface area contributed by atoms with E-state index in [9.17, 15) is 0 Å². The Balaban J connectivity index is 0.000000767. The molecule has 4 aromatic rings. The molecule has 1 heteroatoms. The van der Waals surface area contributed by atoms with Crippen LogP contribution in [0.3, 0.4) is 0 Å². The Morgan fingerprint density at radius 3 is 0.791 bits per heavy atom. The molecule has 0 unspecified atom stereocenters. The van der Waals surface area contributed by atoms with E-state index in [4.69, 9.17) is 0 Å². The van der Waals surface area contributed by atoms with Gasteiger partial charge in [-0.2, -0.15) is 0 Å². The van der Waals surface area contributed by atoms with Crippen molar-refractivity contribution in [3.8, 4) is 22.3 Å². The fourth-order valence-corrected chi connectivity index (χ4v) is 4.66. The molecule has 0 aliphatic carbocycles. The summed E-state index contributed by atoms with van der Waals surface area (Å²) in [5, 5.41) is 0. The molecule has 4 aromatic carbocycles. The van der Waals surface area contributed by atoms with Crippen molar-refractivity contribution < 1.29 is 21.1 Å². The minimum atomic E-state index is 0. The zero-order chi connectivity index (χ0) is 29.9. The number of benzene rings is 4. The average Bonchev–Trinajstić information content (AvgIpc) is 2.87. The number of hydrogen-bond acceptors (Lipinski definition) is 0. The zero-order valence-corrected chi connectivity index (χ0v) is 30.6. The molecule has 0 nitrogen and oxygen atoms in total. The smallest absolute Gasteiger partial charge is 0 e. The second-order valence-corrected chi connectivity index (χ2v) is 15.3. The molecule has 0 aromatic heterocycles. The van der Waals surface area contributed by atoms with Crippen LogP contribution in [0.25, 0.3) is 22.3 Å². The van der Waals surface area contributed by atoms with Crippen molar-refractivity contribution in [2.45, 2.75) is 120 Å². The number of rotatable bonds is 2. The second kappa shape index (κ2) is 15.5. The summed E-state index contributed by atoms with van der Waals surface area (Å²) in [5.41, 5.74) is 11.6. The van der Waals surface area contributed by atoms with Gasteiger partial charge >= 0.3 is 0 Å². The fraction of sp³-hybridized carbons (Fsp3) is 0.429. The van der Waals surface area contributed by atoms with E-state index in [1.807, 2.05) is 0 Å². The standard InChI is InChI=1S/2C20H26.2CH4.W/c1-19(2,3)17-11-7-15(8-12-17)16-9-13-18(14-10-16)20(4,5)6;1-19(2,3)17-11-7-9-15(13-17)16-10-8-12-18(14-16)20(4,5)6;;;/h2*7-14H,1-6H3;2*1H4;. The van der Waals surface area contributed by atoms with Crippen LogP contribution in [0, 0.1) is 0 Å². The van der Waals surface area contributed by atoms with Gasteiger partial charge in [0.1, 0.15) is 0 Å². The maximum Gasteiger partial charge on any atom is 0 e. The summed E-state index contributed by atoms with van der Waals surface area (Å²) in [6.07, 6.45) is 0. The van der Waals surface area contributed by atoms with Crippen LogP contribution in [0.4, 0.5) is 0 Å². The van der Waals surface area contributed by atoms with Crippen molar-refractivity contribution in [1.82, 2.24) is 0 Å². The number of hydrogen-bond donors (Lipinski definition) is 0. The molecular formula is C42H60W. The predicted molar refractivity (Wildman–Crippen MR) is 192 cm³/mol. The summed E-state index contributed by atoms with van der Waals surface area (Å²) in [4.78, 5) is 0. The van der Waals surface area contributed by atoms with Crippen molar-refractivity contribution in [2.24, 2.45) is 0 Å². The normalized spacial score (nSPS) is 11.6. The van der Waals surface area contributed by atoms with Crippen LogP contribution in [-0.2, 0) is 42.7 Å². The van der Waals surface area contributed by atoms with E-state index in [1.165, 1.54) is 44.5 Å². The summed E-state index contributed by atoms with van der Waals surface area (Å²) < 4.78 is 0. The second-order valence-electron chi connectivity index (χ2n) is 15.3. The first-order valence-corrected chi connectivity index (χ1v) is 14.8. The van der Waals surface area contributed by atoms with Crippen LogP contribution < -0.4 is 0 Å². The van der Waals surface area contributed by atoms with Crippen molar-refractivity contribution in [1.29, 1.82) is 0 Å². The zero-order valence-electron chi connectivity index (χ0n) is 27.6. The molecule has 0 heterocycles. The van der Waals surface area contributed by atoms with Gasteiger partial charge in [-0.25, -0.2) is 0 Å². The summed E-state index contributed by atoms with van der Waals surface area (Å²) in [6.45, 7) is 27.1. The molecule has 0 saturated heterocycles. The van der Waals surface area contributed by atoms with Gasteiger partial charge in [-0.3, -0.25) is 0 Å². The van der Waals surface area contributed by atoms with Gasteiger partial charge in [-0.05, 0) is 66.2 Å². The van der Waals surface area contributed by atoms with E-state index in [0.717, 1.165) is 0 Å². The molecule has 0 radical (unpaired) electrons. The summed E-state index contributed by atoms with van der Waals surface area (Å²) in [5.74, 6) is 0. The van der Waals surface area contributed by atoms with Crippen molar-refractivity contribution >= 4 is 0 Å². The van der Waals surface area contributed by atoms with Crippen LogP contribution in [-0.4, -0.2) is 0 Å². The molecule has 0 aliphatic rings. The van der Waals surface area contributed by atoms with Gasteiger partial charge in [0, 0.05) is 21.1 Å². The maximum absolute atomic E-state index is 2.32. The van der Waals surface area contributed by atoms with Crippen LogP contribution in [0.5, 0.6) is 0 Å². The molecule has 0 amide bonds. The molecule has 0 fully saturated rings. The van der Waals surface area contributed by atoms with E-state index in [0.29, 0.717) is 0 Å². The van der Waals surface area contributed by atoms with Gasteiger partial charge < -0.3 is 0 Å². The first kappa shape index (κ1) is 40.6. The molecule has 0 saturated carbocycles. The molecule has 4 rings (SSSR count). The Kier molecular flexibility index (Phi) is 14.6. The van der Waals surface area contributed by atoms with Gasteiger partial charge in [0.2, 0.25) is 0 Å². The third-order valence-electron chi connectivity index (χ3n) is 7.63. The van der Waals surface area contributed by atoms with Crippen molar-refractivity contribution in [3.63, 3.8) is 0 Å². The summed E-state index contributed by atoms with van der Waals surface area (Å²) in [7, 11) is 0. The minimum Gasteiger partial charge on any atom is -0.0776 e. The van der Waals surface area contributed by atoms with Crippen LogP contribution in [0.1, 0.15) is 120 Å². The van der Waals surface area contributed by atoms with Gasteiger partial charge in [0.15, 0.2) is 0 Å². The third kappa shape index (κ3) is 11.5. The summed E-state index contributed by atoms with van der Waals surface area (Å²) in [6, 6.07) is 35.7. The van der Waals surface area contributed by atoms with E-state index < -0.39 is 0 Å². The molecule has 0 atom stereocenters. The minimum absolute atomic E-state index is 0. The van der Waals surface area contributed by atoms with Crippen LogP contribution in [0.15, 0.2) is 97.1 Å². The van der Waals surface area contributed by atoms with E-state index in [2.05, 4.69) is 180 Å². The van der Waals surface area contributed by atoms with Gasteiger partial charge in [0.05, 0.1) is 0 Å². The molecule has 0 bridgehead atoms. The Morgan fingerprint density at radius 2 is 0.558 bits per heavy atom. The van der Waals surface area contributed by atoms with Crippen LogP contribution >= 0.6 is 0 Å². The quantitative estimate of drug-likeness (QED) is 0.192. The topological polar surface area (TPSA) is 0 Å². The van der Waals surface area contributed by atoms with Gasteiger partial charge in [-0.15, -0.1) is 0 Å². The summed E-state index contributed by atoms with van der Waals surface area (Å²) >= 11 is 0. The van der Waals surface area contributed by atoms with Gasteiger partial charge in [0.25, 0.3) is 0 Å². The molecule has 0 spiro atoms. The Bertz CT molecular complexity index is 1270. The third-order valence-corrected chi connectivity index (χ3v) is 7.63. The largest absolute Gasteiger partial charge is 0.0776 e. The monoisotopic (exact) mass is 748 g/mol. The van der Waals surface area contributed by atoms with E-state index in [1.54, 1.807) is 0 Å². The molecule has 43 heavy (non-hydrogen) atoms. The van der Waals surface area contributed by atoms with Crippen LogP contribution in [0.2, 0.25) is 0 Å².